The zero-order chi connectivity index (χ0) is 22.2. The van der Waals surface area contributed by atoms with Gasteiger partial charge in [-0.3, -0.25) is 19.4 Å². The van der Waals surface area contributed by atoms with Crippen molar-refractivity contribution >= 4 is 17.5 Å². The third kappa shape index (κ3) is 6.55. The molecule has 170 valence electrons. The molecular formula is C25H32N4O3. The first-order valence-electron chi connectivity index (χ1n) is 11.4. The lowest BCUT2D eigenvalue weighted by atomic mass is 10.2. The average Bonchev–Trinajstić information content (AvgIpc) is 3.36. The first-order valence-corrected chi connectivity index (χ1v) is 11.4. The van der Waals surface area contributed by atoms with Gasteiger partial charge in [-0.05, 0) is 42.7 Å². The van der Waals surface area contributed by atoms with Gasteiger partial charge in [0.25, 0.3) is 0 Å². The van der Waals surface area contributed by atoms with Gasteiger partial charge < -0.3 is 15.0 Å². The van der Waals surface area contributed by atoms with Gasteiger partial charge >= 0.3 is 0 Å². The molecule has 0 aromatic heterocycles. The summed E-state index contributed by atoms with van der Waals surface area (Å²) in [4.78, 5) is 31.1. The van der Waals surface area contributed by atoms with Crippen molar-refractivity contribution in [1.29, 1.82) is 0 Å². The number of anilines is 1. The van der Waals surface area contributed by atoms with Crippen molar-refractivity contribution in [2.45, 2.75) is 19.4 Å². The van der Waals surface area contributed by atoms with Crippen LogP contribution in [0.4, 0.5) is 5.69 Å². The molecule has 0 unspecified atom stereocenters. The molecular weight excluding hydrogens is 404 g/mol. The number of amides is 2. The molecule has 2 amide bonds. The number of hydrogen-bond acceptors (Lipinski definition) is 5. The molecule has 2 aromatic rings. The van der Waals surface area contributed by atoms with E-state index in [-0.39, 0.29) is 11.8 Å². The minimum Gasteiger partial charge on any atom is -0.489 e. The Labute approximate surface area is 189 Å². The fourth-order valence-electron chi connectivity index (χ4n) is 4.14. The molecule has 2 heterocycles. The van der Waals surface area contributed by atoms with Gasteiger partial charge in [0, 0.05) is 45.0 Å². The van der Waals surface area contributed by atoms with E-state index in [1.807, 2.05) is 59.5 Å². The summed E-state index contributed by atoms with van der Waals surface area (Å²) in [6, 6.07) is 17.5. The van der Waals surface area contributed by atoms with Crippen LogP contribution in [0, 0.1) is 0 Å². The number of carbonyl (C=O) groups excluding carboxylic acids is 2. The molecule has 2 aromatic carbocycles. The van der Waals surface area contributed by atoms with Crippen molar-refractivity contribution < 1.29 is 14.3 Å². The lowest BCUT2D eigenvalue weighted by Gasteiger charge is -2.34. The lowest BCUT2D eigenvalue weighted by molar-refractivity contribution is -0.132. The Balaban J connectivity index is 1.15. The molecule has 1 N–H and O–H groups in total. The van der Waals surface area contributed by atoms with Crippen LogP contribution in [0.1, 0.15) is 18.4 Å². The minimum absolute atomic E-state index is 0.0236. The highest BCUT2D eigenvalue weighted by atomic mass is 16.5. The van der Waals surface area contributed by atoms with Crippen molar-refractivity contribution in [3.05, 3.63) is 60.2 Å². The van der Waals surface area contributed by atoms with Gasteiger partial charge in [-0.15, -0.1) is 0 Å². The zero-order valence-corrected chi connectivity index (χ0v) is 18.5. The number of nitrogens with one attached hydrogen (secondary N) is 1. The van der Waals surface area contributed by atoms with Crippen molar-refractivity contribution in [2.24, 2.45) is 0 Å². The number of hydrogen-bond donors (Lipinski definition) is 1. The summed E-state index contributed by atoms with van der Waals surface area (Å²) in [6.45, 7) is 6.42. The fourth-order valence-corrected chi connectivity index (χ4v) is 4.14. The van der Waals surface area contributed by atoms with Crippen molar-refractivity contribution in [1.82, 2.24) is 14.7 Å². The maximum atomic E-state index is 12.5. The summed E-state index contributed by atoms with van der Waals surface area (Å²) in [5.41, 5.74) is 1.88. The van der Waals surface area contributed by atoms with Crippen molar-refractivity contribution in [3.8, 4) is 5.75 Å². The minimum atomic E-state index is -0.0236. The van der Waals surface area contributed by atoms with Gasteiger partial charge in [-0.1, -0.05) is 30.3 Å². The Kier molecular flexibility index (Phi) is 7.74. The number of likely N-dealkylation sites (tertiary alicyclic amines) is 1. The Morgan fingerprint density at radius 3 is 2.06 bits per heavy atom. The third-order valence-corrected chi connectivity index (χ3v) is 6.04. The average molecular weight is 437 g/mol. The van der Waals surface area contributed by atoms with Gasteiger partial charge in [0.15, 0.2) is 0 Å². The first kappa shape index (κ1) is 22.3. The highest BCUT2D eigenvalue weighted by Gasteiger charge is 2.24. The van der Waals surface area contributed by atoms with Crippen molar-refractivity contribution in [2.75, 3.05) is 57.7 Å². The predicted molar refractivity (Wildman–Crippen MR) is 125 cm³/mol. The van der Waals surface area contributed by atoms with Crippen LogP contribution in [0.5, 0.6) is 5.75 Å². The van der Waals surface area contributed by atoms with E-state index >= 15 is 0 Å². The van der Waals surface area contributed by atoms with Crippen LogP contribution in [0.25, 0.3) is 0 Å². The Hall–Kier alpha value is -2.90. The van der Waals surface area contributed by atoms with E-state index in [4.69, 9.17) is 4.74 Å². The maximum absolute atomic E-state index is 12.5. The van der Waals surface area contributed by atoms with Crippen molar-refractivity contribution in [3.63, 3.8) is 0 Å². The summed E-state index contributed by atoms with van der Waals surface area (Å²) in [7, 11) is 0. The first-order chi connectivity index (χ1) is 15.7. The smallest absolute Gasteiger partial charge is 0.238 e. The quantitative estimate of drug-likeness (QED) is 0.689. The van der Waals surface area contributed by atoms with Gasteiger partial charge in [-0.2, -0.15) is 0 Å². The monoisotopic (exact) mass is 436 g/mol. The second-order valence-electron chi connectivity index (χ2n) is 8.49. The Morgan fingerprint density at radius 2 is 1.41 bits per heavy atom. The van der Waals surface area contributed by atoms with E-state index in [9.17, 15) is 9.59 Å². The number of rotatable bonds is 8. The van der Waals surface area contributed by atoms with E-state index in [1.54, 1.807) is 0 Å². The SMILES string of the molecule is O=C(CN1CCN(CC(=O)N2CCCC2)CC1)Nc1ccc(OCc2ccccc2)cc1. The number of benzene rings is 2. The van der Waals surface area contributed by atoms with Gasteiger partial charge in [-0.25, -0.2) is 0 Å². The predicted octanol–water partition coefficient (Wildman–Crippen LogP) is 2.44. The molecule has 7 heteroatoms. The summed E-state index contributed by atoms with van der Waals surface area (Å²) in [5.74, 6) is 0.987. The lowest BCUT2D eigenvalue weighted by Crippen LogP contribution is -2.51. The molecule has 2 aliphatic heterocycles. The summed E-state index contributed by atoms with van der Waals surface area (Å²) >= 11 is 0. The van der Waals surface area contributed by atoms with Crippen LogP contribution in [0.15, 0.2) is 54.6 Å². The highest BCUT2D eigenvalue weighted by Crippen LogP contribution is 2.17. The van der Waals surface area contributed by atoms with Crippen LogP contribution >= 0.6 is 0 Å². The third-order valence-electron chi connectivity index (χ3n) is 6.04. The molecule has 2 fully saturated rings. The molecule has 2 aliphatic rings. The molecule has 2 saturated heterocycles. The second-order valence-corrected chi connectivity index (χ2v) is 8.49. The Morgan fingerprint density at radius 1 is 0.781 bits per heavy atom. The zero-order valence-electron chi connectivity index (χ0n) is 18.5. The summed E-state index contributed by atoms with van der Waals surface area (Å²) in [5, 5.41) is 2.96. The van der Waals surface area contributed by atoms with Crippen LogP contribution in [-0.2, 0) is 16.2 Å². The molecule has 32 heavy (non-hydrogen) atoms. The number of ether oxygens (including phenoxy) is 1. The number of carbonyl (C=O) groups is 2. The van der Waals surface area contributed by atoms with Gasteiger partial charge in [0.1, 0.15) is 12.4 Å². The van der Waals surface area contributed by atoms with Crippen LogP contribution in [0.2, 0.25) is 0 Å². The number of nitrogens with zero attached hydrogens (tertiary/aromatic N) is 3. The molecule has 0 aliphatic carbocycles. The Bertz CT molecular complexity index is 874. The molecule has 7 nitrogen and oxygen atoms in total. The number of piperazine rings is 1. The maximum Gasteiger partial charge on any atom is 0.238 e. The molecule has 0 saturated carbocycles. The van der Waals surface area contributed by atoms with Crippen LogP contribution in [-0.4, -0.2) is 78.9 Å². The molecule has 4 rings (SSSR count). The van der Waals surface area contributed by atoms with E-state index in [0.29, 0.717) is 19.7 Å². The largest absolute Gasteiger partial charge is 0.489 e. The van der Waals surface area contributed by atoms with Gasteiger partial charge in [0.05, 0.1) is 13.1 Å². The molecule has 0 bridgehead atoms. The highest BCUT2D eigenvalue weighted by molar-refractivity contribution is 5.92. The fraction of sp³-hybridized carbons (Fsp3) is 0.440. The molecule has 0 spiro atoms. The normalized spacial score (nSPS) is 17.3. The summed E-state index contributed by atoms with van der Waals surface area (Å²) < 4.78 is 5.79. The van der Waals surface area contributed by atoms with E-state index in [0.717, 1.165) is 69.1 Å². The molecule has 0 atom stereocenters. The van der Waals surface area contributed by atoms with E-state index in [1.165, 1.54) is 0 Å². The van der Waals surface area contributed by atoms with E-state index in [2.05, 4.69) is 15.1 Å². The van der Waals surface area contributed by atoms with E-state index < -0.39 is 0 Å². The topological polar surface area (TPSA) is 65.1 Å². The summed E-state index contributed by atoms with van der Waals surface area (Å²) in [6.07, 6.45) is 2.25. The second kappa shape index (κ2) is 11.1. The molecule has 0 radical (unpaired) electrons. The standard InChI is InChI=1S/C25H32N4O3/c30-24(18-27-14-16-28(17-15-27)19-25(31)29-12-4-5-13-29)26-22-8-10-23(11-9-22)32-20-21-6-2-1-3-7-21/h1-3,6-11H,4-5,12-20H2,(H,26,30). The van der Waals surface area contributed by atoms with Gasteiger partial charge in [0.2, 0.25) is 11.8 Å². The van der Waals surface area contributed by atoms with Crippen LogP contribution < -0.4 is 10.1 Å². The van der Waals surface area contributed by atoms with Crippen LogP contribution in [0.3, 0.4) is 0 Å².